The summed E-state index contributed by atoms with van der Waals surface area (Å²) in [5.74, 6) is 0. The van der Waals surface area contributed by atoms with Crippen molar-refractivity contribution in [2.75, 3.05) is 19.7 Å². The number of likely N-dealkylation sites (tertiary alicyclic amines) is 1. The highest BCUT2D eigenvalue weighted by Gasteiger charge is 2.26. The molecule has 3 nitrogen and oxygen atoms in total. The van der Waals surface area contributed by atoms with E-state index in [0.29, 0.717) is 6.04 Å². The highest BCUT2D eigenvalue weighted by Crippen LogP contribution is 2.25. The van der Waals surface area contributed by atoms with E-state index in [9.17, 15) is 0 Å². The third kappa shape index (κ3) is 3.94. The van der Waals surface area contributed by atoms with Gasteiger partial charge in [0.2, 0.25) is 0 Å². The molecule has 3 heteroatoms. The van der Waals surface area contributed by atoms with Crippen molar-refractivity contribution in [3.63, 3.8) is 0 Å². The fourth-order valence-electron chi connectivity index (χ4n) is 3.33. The molecule has 0 radical (unpaired) electrons. The summed E-state index contributed by atoms with van der Waals surface area (Å²) in [5, 5.41) is 12.6. The van der Waals surface area contributed by atoms with Gasteiger partial charge in [0.1, 0.15) is 0 Å². The van der Waals surface area contributed by atoms with E-state index in [4.69, 9.17) is 5.11 Å². The van der Waals surface area contributed by atoms with Crippen molar-refractivity contribution in [1.82, 2.24) is 10.2 Å². The predicted molar refractivity (Wildman–Crippen MR) is 71.2 cm³/mol. The van der Waals surface area contributed by atoms with Gasteiger partial charge in [-0.2, -0.15) is 0 Å². The van der Waals surface area contributed by atoms with E-state index in [-0.39, 0.29) is 12.6 Å². The van der Waals surface area contributed by atoms with E-state index < -0.39 is 0 Å². The van der Waals surface area contributed by atoms with Gasteiger partial charge in [-0.25, -0.2) is 0 Å². The number of aliphatic hydroxyl groups is 1. The average Bonchev–Trinajstić information content (AvgIpc) is 2.40. The van der Waals surface area contributed by atoms with Gasteiger partial charge in [0.05, 0.1) is 6.61 Å². The predicted octanol–water partition coefficient (Wildman–Crippen LogP) is 1.75. The monoisotopic (exact) mass is 240 g/mol. The standard InChI is InChI=1S/C14H28N2O/c1-12(11-17)15-13-7-9-16(10-8-13)14-5-3-2-4-6-14/h12-15,17H,2-11H2,1H3. The molecule has 100 valence electrons. The Morgan fingerprint density at radius 3 is 2.35 bits per heavy atom. The minimum atomic E-state index is 0.251. The van der Waals surface area contributed by atoms with Gasteiger partial charge in [-0.1, -0.05) is 19.3 Å². The number of piperidine rings is 1. The van der Waals surface area contributed by atoms with Crippen LogP contribution in [0.2, 0.25) is 0 Å². The van der Waals surface area contributed by atoms with Gasteiger partial charge in [0, 0.05) is 18.1 Å². The summed E-state index contributed by atoms with van der Waals surface area (Å²) >= 11 is 0. The van der Waals surface area contributed by atoms with Crippen molar-refractivity contribution in [1.29, 1.82) is 0 Å². The van der Waals surface area contributed by atoms with Gasteiger partial charge in [0.25, 0.3) is 0 Å². The molecule has 2 rings (SSSR count). The number of rotatable bonds is 4. The van der Waals surface area contributed by atoms with Crippen LogP contribution in [0.3, 0.4) is 0 Å². The maximum atomic E-state index is 9.05. The van der Waals surface area contributed by atoms with Crippen molar-refractivity contribution < 1.29 is 5.11 Å². The molecule has 0 aromatic rings. The fraction of sp³-hybridized carbons (Fsp3) is 1.00. The van der Waals surface area contributed by atoms with Crippen LogP contribution in [0, 0.1) is 0 Å². The molecule has 1 heterocycles. The first-order valence-electron chi connectivity index (χ1n) is 7.40. The number of hydrogen-bond donors (Lipinski definition) is 2. The molecule has 1 aliphatic heterocycles. The van der Waals surface area contributed by atoms with E-state index in [1.807, 2.05) is 0 Å². The molecule has 0 aromatic carbocycles. The first-order chi connectivity index (χ1) is 8.29. The van der Waals surface area contributed by atoms with Crippen LogP contribution in [0.4, 0.5) is 0 Å². The second kappa shape index (κ2) is 6.72. The molecule has 1 atom stereocenters. The smallest absolute Gasteiger partial charge is 0.0582 e. The Kier molecular flexibility index (Phi) is 5.26. The molecule has 1 unspecified atom stereocenters. The zero-order valence-corrected chi connectivity index (χ0v) is 11.2. The molecule has 1 saturated carbocycles. The lowest BCUT2D eigenvalue weighted by Gasteiger charge is -2.40. The summed E-state index contributed by atoms with van der Waals surface area (Å²) in [7, 11) is 0. The van der Waals surface area contributed by atoms with Gasteiger partial charge in [0.15, 0.2) is 0 Å². The number of hydrogen-bond acceptors (Lipinski definition) is 3. The quantitative estimate of drug-likeness (QED) is 0.786. The minimum Gasteiger partial charge on any atom is -0.395 e. The van der Waals surface area contributed by atoms with Crippen molar-refractivity contribution in [2.24, 2.45) is 0 Å². The van der Waals surface area contributed by atoms with Crippen molar-refractivity contribution in [3.8, 4) is 0 Å². The molecule has 1 saturated heterocycles. The van der Waals surface area contributed by atoms with Gasteiger partial charge in [-0.15, -0.1) is 0 Å². The lowest BCUT2D eigenvalue weighted by molar-refractivity contribution is 0.110. The van der Waals surface area contributed by atoms with Crippen LogP contribution in [0.25, 0.3) is 0 Å². The fourth-order valence-corrected chi connectivity index (χ4v) is 3.33. The maximum Gasteiger partial charge on any atom is 0.0582 e. The van der Waals surface area contributed by atoms with Crippen molar-refractivity contribution >= 4 is 0 Å². The molecular formula is C14H28N2O. The van der Waals surface area contributed by atoms with E-state index in [0.717, 1.165) is 6.04 Å². The average molecular weight is 240 g/mol. The third-order valence-electron chi connectivity index (χ3n) is 4.41. The Hall–Kier alpha value is -0.120. The Labute approximate surface area is 106 Å². The molecule has 0 spiro atoms. The van der Waals surface area contributed by atoms with Crippen LogP contribution in [0.15, 0.2) is 0 Å². The van der Waals surface area contributed by atoms with E-state index in [2.05, 4.69) is 17.1 Å². The third-order valence-corrected chi connectivity index (χ3v) is 4.41. The van der Waals surface area contributed by atoms with E-state index in [1.165, 1.54) is 58.0 Å². The SMILES string of the molecule is CC(CO)NC1CCN(C2CCCCC2)CC1. The summed E-state index contributed by atoms with van der Waals surface area (Å²) < 4.78 is 0. The summed E-state index contributed by atoms with van der Waals surface area (Å²) in [6.45, 7) is 4.82. The highest BCUT2D eigenvalue weighted by molar-refractivity contribution is 4.84. The minimum absolute atomic E-state index is 0.251. The molecule has 0 bridgehead atoms. The zero-order valence-electron chi connectivity index (χ0n) is 11.2. The topological polar surface area (TPSA) is 35.5 Å². The van der Waals surface area contributed by atoms with Crippen LogP contribution in [0.5, 0.6) is 0 Å². The molecule has 2 fully saturated rings. The molecule has 2 aliphatic rings. The molecule has 0 amide bonds. The van der Waals surface area contributed by atoms with Crippen LogP contribution >= 0.6 is 0 Å². The van der Waals surface area contributed by atoms with Crippen LogP contribution in [-0.2, 0) is 0 Å². The zero-order chi connectivity index (χ0) is 12.1. The van der Waals surface area contributed by atoms with Gasteiger partial charge in [-0.05, 0) is 45.7 Å². The number of nitrogens with zero attached hydrogens (tertiary/aromatic N) is 1. The normalized spacial score (nSPS) is 27.2. The highest BCUT2D eigenvalue weighted by atomic mass is 16.3. The molecule has 2 N–H and O–H groups in total. The second-order valence-electron chi connectivity index (χ2n) is 5.85. The molecule has 1 aliphatic carbocycles. The summed E-state index contributed by atoms with van der Waals surface area (Å²) in [4.78, 5) is 2.71. The maximum absolute atomic E-state index is 9.05. The lowest BCUT2D eigenvalue weighted by Crippen LogP contribution is -2.49. The first kappa shape index (κ1) is 13.3. The van der Waals surface area contributed by atoms with E-state index in [1.54, 1.807) is 0 Å². The number of aliphatic hydroxyl groups excluding tert-OH is 1. The first-order valence-corrected chi connectivity index (χ1v) is 7.40. The van der Waals surface area contributed by atoms with Gasteiger partial charge >= 0.3 is 0 Å². The summed E-state index contributed by atoms with van der Waals surface area (Å²) in [6.07, 6.45) is 9.66. The Bertz CT molecular complexity index is 208. The van der Waals surface area contributed by atoms with Crippen LogP contribution < -0.4 is 5.32 Å². The second-order valence-corrected chi connectivity index (χ2v) is 5.85. The number of nitrogens with one attached hydrogen (secondary N) is 1. The largest absolute Gasteiger partial charge is 0.395 e. The Morgan fingerprint density at radius 1 is 1.12 bits per heavy atom. The molecule has 0 aromatic heterocycles. The van der Waals surface area contributed by atoms with Crippen LogP contribution in [-0.4, -0.2) is 47.8 Å². The van der Waals surface area contributed by atoms with Crippen LogP contribution in [0.1, 0.15) is 51.9 Å². The van der Waals surface area contributed by atoms with Crippen molar-refractivity contribution in [2.45, 2.75) is 70.0 Å². The molecular weight excluding hydrogens is 212 g/mol. The summed E-state index contributed by atoms with van der Waals surface area (Å²) in [6, 6.07) is 1.75. The summed E-state index contributed by atoms with van der Waals surface area (Å²) in [5.41, 5.74) is 0. The lowest BCUT2D eigenvalue weighted by atomic mass is 9.92. The Morgan fingerprint density at radius 2 is 1.76 bits per heavy atom. The van der Waals surface area contributed by atoms with Crippen molar-refractivity contribution in [3.05, 3.63) is 0 Å². The van der Waals surface area contributed by atoms with Gasteiger partial charge in [-0.3, -0.25) is 0 Å². The van der Waals surface area contributed by atoms with Gasteiger partial charge < -0.3 is 15.3 Å². The Balaban J connectivity index is 1.70. The molecule has 17 heavy (non-hydrogen) atoms. The van der Waals surface area contributed by atoms with E-state index >= 15 is 0 Å².